The fourth-order valence-corrected chi connectivity index (χ4v) is 4.64. The topological polar surface area (TPSA) is 88.5 Å². The highest BCUT2D eigenvalue weighted by Crippen LogP contribution is 2.45. The number of hydrogen-bond donors (Lipinski definition) is 2. The smallest absolute Gasteiger partial charge is 0.407 e. The van der Waals surface area contributed by atoms with Gasteiger partial charge in [-0.05, 0) is 46.2 Å². The van der Waals surface area contributed by atoms with Crippen LogP contribution in [0.25, 0.3) is 21.9 Å². The number of carboxylic acid groups (broad SMARTS) is 1. The molecule has 3 aromatic carbocycles. The van der Waals surface area contributed by atoms with E-state index in [-0.39, 0.29) is 18.9 Å². The Kier molecular flexibility index (Phi) is 5.72. The Labute approximate surface area is 197 Å². The zero-order valence-electron chi connectivity index (χ0n) is 18.7. The van der Waals surface area contributed by atoms with Crippen LogP contribution < -0.4 is 5.32 Å². The van der Waals surface area contributed by atoms with E-state index >= 15 is 0 Å². The number of aliphatic carboxylic acids is 1. The van der Waals surface area contributed by atoms with Crippen molar-refractivity contribution in [2.24, 2.45) is 0 Å². The Bertz CT molecular complexity index is 1400. The average molecular weight is 453 g/mol. The molecule has 34 heavy (non-hydrogen) atoms. The van der Waals surface area contributed by atoms with Crippen molar-refractivity contribution >= 4 is 22.8 Å². The molecule has 1 aliphatic carbocycles. The lowest BCUT2D eigenvalue weighted by Gasteiger charge is -2.18. The third-order valence-electron chi connectivity index (χ3n) is 6.33. The molecule has 6 heteroatoms. The molecular formula is C28H24N2O4. The molecule has 0 aliphatic heterocycles. The summed E-state index contributed by atoms with van der Waals surface area (Å²) < 4.78 is 5.54. The number of nitrogens with zero attached hydrogens (tertiary/aromatic N) is 1. The molecule has 170 valence electrons. The molecule has 1 heterocycles. The van der Waals surface area contributed by atoms with Gasteiger partial charge in [-0.1, -0.05) is 66.2 Å². The molecule has 6 nitrogen and oxygen atoms in total. The molecule has 1 unspecified atom stereocenters. The first-order chi connectivity index (χ1) is 16.5. The van der Waals surface area contributed by atoms with E-state index < -0.39 is 18.1 Å². The number of aromatic nitrogens is 1. The largest absolute Gasteiger partial charge is 0.480 e. The molecule has 2 atom stereocenters. The van der Waals surface area contributed by atoms with Crippen LogP contribution in [0.3, 0.4) is 0 Å². The van der Waals surface area contributed by atoms with Gasteiger partial charge in [-0.25, -0.2) is 9.59 Å². The van der Waals surface area contributed by atoms with E-state index in [0.717, 1.165) is 38.6 Å². The van der Waals surface area contributed by atoms with Gasteiger partial charge < -0.3 is 15.2 Å². The van der Waals surface area contributed by atoms with Crippen molar-refractivity contribution in [3.05, 3.63) is 101 Å². The van der Waals surface area contributed by atoms with E-state index in [1.54, 1.807) is 12.4 Å². The number of carbonyl (C=O) groups excluding carboxylic acids is 1. The predicted molar refractivity (Wildman–Crippen MR) is 130 cm³/mol. The summed E-state index contributed by atoms with van der Waals surface area (Å²) in [6.45, 7) is 2.19. The number of nitrogens with one attached hydrogen (secondary N) is 1. The van der Waals surface area contributed by atoms with Crippen molar-refractivity contribution in [1.29, 1.82) is 0 Å². The monoisotopic (exact) mass is 452 g/mol. The molecule has 2 N–H and O–H groups in total. The Morgan fingerprint density at radius 1 is 1.00 bits per heavy atom. The van der Waals surface area contributed by atoms with Gasteiger partial charge in [0.15, 0.2) is 0 Å². The molecule has 0 saturated heterocycles. The number of hydrogen-bond acceptors (Lipinski definition) is 4. The third kappa shape index (κ3) is 4.22. The fraction of sp³-hybridized carbons (Fsp3) is 0.179. The van der Waals surface area contributed by atoms with Crippen molar-refractivity contribution in [2.45, 2.75) is 25.3 Å². The predicted octanol–water partition coefficient (Wildman–Crippen LogP) is 5.08. The summed E-state index contributed by atoms with van der Waals surface area (Å²) in [4.78, 5) is 28.5. The quantitative estimate of drug-likeness (QED) is 0.426. The summed E-state index contributed by atoms with van der Waals surface area (Å²) in [6, 6.07) is 20.8. The summed E-state index contributed by atoms with van der Waals surface area (Å²) in [6.07, 6.45) is 2.86. The molecule has 1 aromatic heterocycles. The summed E-state index contributed by atoms with van der Waals surface area (Å²) >= 11 is 0. The van der Waals surface area contributed by atoms with E-state index in [1.807, 2.05) is 42.5 Å². The molecular weight excluding hydrogens is 428 g/mol. The standard InChI is InChI=1S/C28H24N2O4/c1-17-6-9-23-24(12-17)21-4-2-3-5-22(21)25(23)16-34-28(33)30-26(27(31)32)14-18-7-8-20-15-29-11-10-19(20)13-18/h2-13,15,25-26H,14,16H2,1H3,(H,30,33)(H,31,32)/t25?,26-/m0/s1. The first kappa shape index (κ1) is 21.6. The van der Waals surface area contributed by atoms with E-state index in [2.05, 4.69) is 41.5 Å². The highest BCUT2D eigenvalue weighted by molar-refractivity contribution is 5.84. The number of amides is 1. The van der Waals surface area contributed by atoms with Crippen LogP contribution in [-0.2, 0) is 16.0 Å². The summed E-state index contributed by atoms with van der Waals surface area (Å²) in [7, 11) is 0. The minimum absolute atomic E-state index is 0.0880. The number of aryl methyl sites for hydroxylation is 1. The van der Waals surface area contributed by atoms with Gasteiger partial charge in [0.25, 0.3) is 0 Å². The van der Waals surface area contributed by atoms with Crippen molar-refractivity contribution in [1.82, 2.24) is 10.3 Å². The van der Waals surface area contributed by atoms with Gasteiger partial charge in [0.1, 0.15) is 12.6 Å². The Hall–Kier alpha value is -4.19. The van der Waals surface area contributed by atoms with Crippen LogP contribution in [0.2, 0.25) is 0 Å². The number of rotatable bonds is 6. The van der Waals surface area contributed by atoms with Crippen LogP contribution in [0.5, 0.6) is 0 Å². The maximum absolute atomic E-state index is 12.6. The van der Waals surface area contributed by atoms with Gasteiger partial charge in [0, 0.05) is 30.1 Å². The lowest BCUT2D eigenvalue weighted by molar-refractivity contribution is -0.139. The van der Waals surface area contributed by atoms with Crippen molar-refractivity contribution in [3.63, 3.8) is 0 Å². The first-order valence-corrected chi connectivity index (χ1v) is 11.2. The second kappa shape index (κ2) is 8.98. The van der Waals surface area contributed by atoms with Gasteiger partial charge in [-0.2, -0.15) is 0 Å². The van der Waals surface area contributed by atoms with Gasteiger partial charge in [0.2, 0.25) is 0 Å². The second-order valence-corrected chi connectivity index (χ2v) is 8.63. The van der Waals surface area contributed by atoms with Gasteiger partial charge in [-0.3, -0.25) is 4.98 Å². The van der Waals surface area contributed by atoms with E-state index in [4.69, 9.17) is 4.74 Å². The number of benzene rings is 3. The van der Waals surface area contributed by atoms with E-state index in [1.165, 1.54) is 5.56 Å². The Balaban J connectivity index is 1.28. The zero-order valence-corrected chi connectivity index (χ0v) is 18.7. The zero-order chi connectivity index (χ0) is 23.7. The van der Waals surface area contributed by atoms with Crippen LogP contribution in [0.4, 0.5) is 4.79 Å². The van der Waals surface area contributed by atoms with Gasteiger partial charge >= 0.3 is 12.1 Å². The maximum atomic E-state index is 12.6. The molecule has 0 saturated carbocycles. The van der Waals surface area contributed by atoms with Crippen LogP contribution in [0.15, 0.2) is 79.1 Å². The SMILES string of the molecule is Cc1ccc2c(c1)-c1ccccc1C2COC(=O)N[C@@H](Cc1ccc2cnccc2c1)C(=O)O. The number of ether oxygens (including phenoxy) is 1. The average Bonchev–Trinajstić information content (AvgIpc) is 3.15. The van der Waals surface area contributed by atoms with Crippen LogP contribution in [-0.4, -0.2) is 34.8 Å². The molecule has 1 aliphatic rings. The fourth-order valence-electron chi connectivity index (χ4n) is 4.64. The van der Waals surface area contributed by atoms with E-state index in [9.17, 15) is 14.7 Å². The van der Waals surface area contributed by atoms with Crippen LogP contribution in [0, 0.1) is 6.92 Å². The van der Waals surface area contributed by atoms with Crippen LogP contribution >= 0.6 is 0 Å². The molecule has 5 rings (SSSR count). The minimum atomic E-state index is -1.11. The summed E-state index contributed by atoms with van der Waals surface area (Å²) in [5.41, 5.74) is 6.49. The number of pyridine rings is 1. The van der Waals surface area contributed by atoms with Crippen molar-refractivity contribution < 1.29 is 19.4 Å². The van der Waals surface area contributed by atoms with Crippen molar-refractivity contribution in [2.75, 3.05) is 6.61 Å². The van der Waals surface area contributed by atoms with E-state index in [0.29, 0.717) is 0 Å². The minimum Gasteiger partial charge on any atom is -0.480 e. The number of carboxylic acids is 1. The summed E-state index contributed by atoms with van der Waals surface area (Å²) in [5.74, 6) is -1.20. The second-order valence-electron chi connectivity index (χ2n) is 8.63. The van der Waals surface area contributed by atoms with Gasteiger partial charge in [0.05, 0.1) is 0 Å². The number of carbonyl (C=O) groups is 2. The van der Waals surface area contributed by atoms with Crippen molar-refractivity contribution in [3.8, 4) is 11.1 Å². The maximum Gasteiger partial charge on any atom is 0.407 e. The summed E-state index contributed by atoms with van der Waals surface area (Å²) in [5, 5.41) is 14.1. The number of alkyl carbamates (subject to hydrolysis) is 1. The number of fused-ring (bicyclic) bond motifs is 4. The molecule has 0 spiro atoms. The molecule has 0 fully saturated rings. The molecule has 1 amide bonds. The normalized spacial score (nSPS) is 14.8. The molecule has 0 radical (unpaired) electrons. The molecule has 4 aromatic rings. The Morgan fingerprint density at radius 2 is 1.82 bits per heavy atom. The van der Waals surface area contributed by atoms with Crippen LogP contribution in [0.1, 0.15) is 28.2 Å². The third-order valence-corrected chi connectivity index (χ3v) is 6.33. The first-order valence-electron chi connectivity index (χ1n) is 11.2. The highest BCUT2D eigenvalue weighted by Gasteiger charge is 2.30. The lowest BCUT2D eigenvalue weighted by atomic mass is 9.97. The molecule has 0 bridgehead atoms. The lowest BCUT2D eigenvalue weighted by Crippen LogP contribution is -2.42. The Morgan fingerprint density at radius 3 is 2.68 bits per heavy atom. The van der Waals surface area contributed by atoms with Gasteiger partial charge in [-0.15, -0.1) is 0 Å². The highest BCUT2D eigenvalue weighted by atomic mass is 16.5.